The lowest BCUT2D eigenvalue weighted by atomic mass is 10.0. The number of anilines is 1. The van der Waals surface area contributed by atoms with Crippen molar-refractivity contribution in [2.45, 2.75) is 0 Å². The smallest absolute Gasteiger partial charge is 0.322 e. The Morgan fingerprint density at radius 1 is 0.857 bits per heavy atom. The number of hydrogen-bond donors (Lipinski definition) is 1. The fraction of sp³-hybridized carbons (Fsp3) is 0. The van der Waals surface area contributed by atoms with E-state index in [4.69, 9.17) is 4.42 Å². The van der Waals surface area contributed by atoms with Gasteiger partial charge in [-0.25, -0.2) is 8.78 Å². The molecule has 1 aromatic heterocycles. The van der Waals surface area contributed by atoms with Crippen LogP contribution in [0.2, 0.25) is 0 Å². The third kappa shape index (κ3) is 3.64. The molecule has 0 atom stereocenters. The van der Waals surface area contributed by atoms with Crippen LogP contribution >= 0.6 is 0 Å². The van der Waals surface area contributed by atoms with Crippen LogP contribution < -0.4 is 5.32 Å². The maximum atomic E-state index is 13.8. The van der Waals surface area contributed by atoms with E-state index >= 15 is 0 Å². The second kappa shape index (κ2) is 7.40. The Morgan fingerprint density at radius 3 is 2.29 bits per heavy atom. The zero-order valence-corrected chi connectivity index (χ0v) is 14.4. The van der Waals surface area contributed by atoms with Gasteiger partial charge >= 0.3 is 6.01 Å². The molecule has 0 saturated heterocycles. The van der Waals surface area contributed by atoms with Crippen molar-refractivity contribution in [1.29, 1.82) is 0 Å². The fourth-order valence-electron chi connectivity index (χ4n) is 2.66. The largest absolute Gasteiger partial charge is 0.403 e. The second-order valence-corrected chi connectivity index (χ2v) is 5.93. The van der Waals surface area contributed by atoms with Gasteiger partial charge in [0.15, 0.2) is 0 Å². The zero-order chi connectivity index (χ0) is 19.5. The van der Waals surface area contributed by atoms with Crippen molar-refractivity contribution in [3.63, 3.8) is 0 Å². The number of carbonyl (C=O) groups is 1. The molecular formula is C21H13F2N3O2. The van der Waals surface area contributed by atoms with Crippen LogP contribution in [0.1, 0.15) is 10.4 Å². The molecule has 0 aliphatic carbocycles. The molecule has 1 amide bonds. The number of amides is 1. The molecule has 4 aromatic rings. The normalized spacial score (nSPS) is 10.6. The molecule has 0 radical (unpaired) electrons. The van der Waals surface area contributed by atoms with Gasteiger partial charge in [-0.05, 0) is 35.4 Å². The van der Waals surface area contributed by atoms with Crippen LogP contribution in [0.15, 0.2) is 77.2 Å². The van der Waals surface area contributed by atoms with E-state index in [1.165, 1.54) is 6.07 Å². The molecule has 0 saturated carbocycles. The number of nitrogens with one attached hydrogen (secondary N) is 1. The van der Waals surface area contributed by atoms with Crippen molar-refractivity contribution in [3.8, 4) is 22.6 Å². The molecule has 0 fully saturated rings. The summed E-state index contributed by atoms with van der Waals surface area (Å²) in [5, 5.41) is 9.82. The summed E-state index contributed by atoms with van der Waals surface area (Å²) in [4.78, 5) is 12.4. The van der Waals surface area contributed by atoms with Crippen molar-refractivity contribution < 1.29 is 18.0 Å². The van der Waals surface area contributed by atoms with Gasteiger partial charge < -0.3 is 4.42 Å². The van der Waals surface area contributed by atoms with Gasteiger partial charge in [0.1, 0.15) is 11.6 Å². The van der Waals surface area contributed by atoms with Gasteiger partial charge in [0.2, 0.25) is 0 Å². The van der Waals surface area contributed by atoms with E-state index < -0.39 is 17.5 Å². The molecule has 0 unspecified atom stereocenters. The second-order valence-electron chi connectivity index (χ2n) is 5.93. The highest BCUT2D eigenvalue weighted by atomic mass is 19.1. The maximum Gasteiger partial charge on any atom is 0.322 e. The van der Waals surface area contributed by atoms with Crippen LogP contribution in [-0.2, 0) is 0 Å². The van der Waals surface area contributed by atoms with E-state index in [1.54, 1.807) is 12.1 Å². The van der Waals surface area contributed by atoms with Gasteiger partial charge in [0.05, 0.1) is 5.56 Å². The summed E-state index contributed by atoms with van der Waals surface area (Å²) in [7, 11) is 0. The monoisotopic (exact) mass is 377 g/mol. The number of benzene rings is 3. The first-order valence-electron chi connectivity index (χ1n) is 8.36. The van der Waals surface area contributed by atoms with Crippen LogP contribution in [0.25, 0.3) is 22.6 Å². The molecule has 0 spiro atoms. The number of nitrogens with zero attached hydrogens (tertiary/aromatic N) is 2. The molecule has 7 heteroatoms. The maximum absolute atomic E-state index is 13.8. The minimum Gasteiger partial charge on any atom is -0.403 e. The Bertz CT molecular complexity index is 1130. The van der Waals surface area contributed by atoms with Crippen molar-refractivity contribution in [2.75, 3.05) is 5.32 Å². The summed E-state index contributed by atoms with van der Waals surface area (Å²) < 4.78 is 32.1. The topological polar surface area (TPSA) is 68.0 Å². The third-order valence-electron chi connectivity index (χ3n) is 4.06. The van der Waals surface area contributed by atoms with Gasteiger partial charge in [-0.3, -0.25) is 10.1 Å². The van der Waals surface area contributed by atoms with E-state index in [2.05, 4.69) is 15.5 Å². The molecule has 3 aromatic carbocycles. The van der Waals surface area contributed by atoms with E-state index in [0.717, 1.165) is 17.2 Å². The van der Waals surface area contributed by atoms with E-state index in [9.17, 15) is 13.6 Å². The Morgan fingerprint density at radius 2 is 1.57 bits per heavy atom. The highest BCUT2D eigenvalue weighted by Crippen LogP contribution is 2.24. The predicted octanol–water partition coefficient (Wildman–Crippen LogP) is 4.93. The lowest BCUT2D eigenvalue weighted by molar-refractivity contribution is 0.102. The molecule has 0 aliphatic heterocycles. The lowest BCUT2D eigenvalue weighted by Crippen LogP contribution is -2.11. The number of aromatic nitrogens is 2. The molecule has 0 bridgehead atoms. The molecule has 1 N–H and O–H groups in total. The van der Waals surface area contributed by atoms with Crippen molar-refractivity contribution in [2.24, 2.45) is 0 Å². The molecular weight excluding hydrogens is 364 g/mol. The number of carbonyl (C=O) groups excluding carboxylic acids is 1. The molecule has 4 rings (SSSR count). The summed E-state index contributed by atoms with van der Waals surface area (Å²) in [6.45, 7) is 0. The average molecular weight is 377 g/mol. The SMILES string of the molecule is O=C(Nc1nnc(-c2ccc(F)cc2F)o1)c1ccc(-c2ccccc2)cc1. The highest BCUT2D eigenvalue weighted by Gasteiger charge is 2.16. The number of hydrogen-bond acceptors (Lipinski definition) is 4. The van der Waals surface area contributed by atoms with Crippen molar-refractivity contribution in [3.05, 3.63) is 90.0 Å². The standard InChI is InChI=1S/C21H13F2N3O2/c22-16-10-11-17(18(23)12-16)20-25-26-21(28-20)24-19(27)15-8-6-14(7-9-15)13-4-2-1-3-5-13/h1-12H,(H,24,26,27). The zero-order valence-electron chi connectivity index (χ0n) is 14.4. The summed E-state index contributed by atoms with van der Waals surface area (Å²) in [5.41, 5.74) is 2.36. The Kier molecular flexibility index (Phi) is 4.63. The Labute approximate surface area is 158 Å². The van der Waals surface area contributed by atoms with Gasteiger partial charge in [-0.15, -0.1) is 5.10 Å². The van der Waals surface area contributed by atoms with Gasteiger partial charge in [-0.1, -0.05) is 47.6 Å². The van der Waals surface area contributed by atoms with Crippen molar-refractivity contribution >= 4 is 11.9 Å². The number of rotatable bonds is 4. The molecule has 1 heterocycles. The van der Waals surface area contributed by atoms with Crippen LogP contribution in [0, 0.1) is 11.6 Å². The van der Waals surface area contributed by atoms with Crippen LogP contribution in [0.4, 0.5) is 14.8 Å². The minimum atomic E-state index is -0.835. The van der Waals surface area contributed by atoms with E-state index in [-0.39, 0.29) is 17.5 Å². The van der Waals surface area contributed by atoms with Crippen molar-refractivity contribution in [1.82, 2.24) is 10.2 Å². The number of halogens is 2. The average Bonchev–Trinajstić information content (AvgIpc) is 3.17. The summed E-state index contributed by atoms with van der Waals surface area (Å²) in [6.07, 6.45) is 0. The fourth-order valence-corrected chi connectivity index (χ4v) is 2.66. The minimum absolute atomic E-state index is 0.0541. The van der Waals surface area contributed by atoms with E-state index in [0.29, 0.717) is 11.6 Å². The predicted molar refractivity (Wildman–Crippen MR) is 99.5 cm³/mol. The molecule has 138 valence electrons. The first kappa shape index (κ1) is 17.5. The van der Waals surface area contributed by atoms with Gasteiger partial charge in [0.25, 0.3) is 11.8 Å². The summed E-state index contributed by atoms with van der Waals surface area (Å²) in [5.74, 6) is -2.16. The third-order valence-corrected chi connectivity index (χ3v) is 4.06. The molecule has 0 aliphatic rings. The van der Waals surface area contributed by atoms with Gasteiger partial charge in [0, 0.05) is 11.6 Å². The highest BCUT2D eigenvalue weighted by molar-refractivity contribution is 6.03. The summed E-state index contributed by atoms with van der Waals surface area (Å²) >= 11 is 0. The van der Waals surface area contributed by atoms with E-state index in [1.807, 2.05) is 42.5 Å². The van der Waals surface area contributed by atoms with Crippen LogP contribution in [0.5, 0.6) is 0 Å². The summed E-state index contributed by atoms with van der Waals surface area (Å²) in [6, 6.07) is 19.6. The lowest BCUT2D eigenvalue weighted by Gasteiger charge is -2.04. The Balaban J connectivity index is 1.49. The van der Waals surface area contributed by atoms with Gasteiger partial charge in [-0.2, -0.15) is 0 Å². The Hall–Kier alpha value is -3.87. The first-order valence-corrected chi connectivity index (χ1v) is 8.36. The van der Waals surface area contributed by atoms with Crippen LogP contribution in [0.3, 0.4) is 0 Å². The molecule has 5 nitrogen and oxygen atoms in total. The quantitative estimate of drug-likeness (QED) is 0.547. The molecule has 28 heavy (non-hydrogen) atoms. The first-order chi connectivity index (χ1) is 13.6. The van der Waals surface area contributed by atoms with Crippen LogP contribution in [-0.4, -0.2) is 16.1 Å².